The Balaban J connectivity index is 2.23. The highest BCUT2D eigenvalue weighted by Gasteiger charge is 2.42. The molecule has 0 heteroatoms. The second-order valence-electron chi connectivity index (χ2n) is 4.94. The summed E-state index contributed by atoms with van der Waals surface area (Å²) in [5.74, 6) is 1.78. The summed E-state index contributed by atoms with van der Waals surface area (Å²) in [4.78, 5) is 0. The molecule has 2 fully saturated rings. The lowest BCUT2D eigenvalue weighted by Gasteiger charge is -2.34. The first-order chi connectivity index (χ1) is 5.11. The fourth-order valence-electron chi connectivity index (χ4n) is 3.00. The summed E-state index contributed by atoms with van der Waals surface area (Å²) in [7, 11) is 0. The van der Waals surface area contributed by atoms with Crippen LogP contribution in [0.2, 0.25) is 0 Å². The molecule has 0 heterocycles. The predicted molar refractivity (Wildman–Crippen MR) is 48.4 cm³/mol. The van der Waals surface area contributed by atoms with Crippen molar-refractivity contribution in [2.75, 3.05) is 0 Å². The highest BCUT2D eigenvalue weighted by molar-refractivity contribution is 5.13. The maximum atomic E-state index is 4.18. The van der Waals surface area contributed by atoms with Gasteiger partial charge in [-0.3, -0.25) is 0 Å². The molecule has 0 aromatic heterocycles. The van der Waals surface area contributed by atoms with E-state index < -0.39 is 0 Å². The number of allylic oxidation sites excluding steroid dienone is 1. The molecule has 0 saturated heterocycles. The molecule has 0 N–H and O–H groups in total. The van der Waals surface area contributed by atoms with E-state index in [0.29, 0.717) is 5.41 Å². The van der Waals surface area contributed by atoms with Gasteiger partial charge in [0.05, 0.1) is 0 Å². The second-order valence-corrected chi connectivity index (χ2v) is 4.94. The molecule has 0 aromatic rings. The van der Waals surface area contributed by atoms with E-state index in [-0.39, 0.29) is 0 Å². The van der Waals surface area contributed by atoms with E-state index >= 15 is 0 Å². The number of rotatable bonds is 0. The molecule has 2 rings (SSSR count). The predicted octanol–water partition coefficient (Wildman–Crippen LogP) is 3.39. The lowest BCUT2D eigenvalue weighted by atomic mass is 9.71. The summed E-state index contributed by atoms with van der Waals surface area (Å²) in [6, 6.07) is 0. The lowest BCUT2D eigenvalue weighted by molar-refractivity contribution is 0.245. The summed E-state index contributed by atoms with van der Waals surface area (Å²) in [6.07, 6.45) is 5.66. The number of hydrogen-bond donors (Lipinski definition) is 0. The van der Waals surface area contributed by atoms with Crippen LogP contribution in [0.4, 0.5) is 0 Å². The summed E-state index contributed by atoms with van der Waals surface area (Å²) < 4.78 is 0. The van der Waals surface area contributed by atoms with Crippen molar-refractivity contribution in [1.29, 1.82) is 0 Å². The third-order valence-corrected chi connectivity index (χ3v) is 3.88. The lowest BCUT2D eigenvalue weighted by Crippen LogP contribution is -2.23. The van der Waals surface area contributed by atoms with Gasteiger partial charge in [-0.25, -0.2) is 0 Å². The third-order valence-electron chi connectivity index (χ3n) is 3.88. The van der Waals surface area contributed by atoms with Gasteiger partial charge in [-0.1, -0.05) is 26.0 Å². The Hall–Kier alpha value is -0.260. The third kappa shape index (κ3) is 1.04. The second kappa shape index (κ2) is 2.12. The van der Waals surface area contributed by atoms with Crippen molar-refractivity contribution in [3.8, 4) is 0 Å². The molecule has 2 aliphatic carbocycles. The standard InChI is InChI=1S/C11H18/c1-8-6-11(3)5-4-10(7-11)9(8)2/h9-10H,1,4-7H2,2-3H3. The van der Waals surface area contributed by atoms with Crippen LogP contribution in [0, 0.1) is 17.3 Å². The highest BCUT2D eigenvalue weighted by Crippen LogP contribution is 2.54. The van der Waals surface area contributed by atoms with Crippen LogP contribution in [0.5, 0.6) is 0 Å². The molecule has 62 valence electrons. The Labute approximate surface area is 69.7 Å². The molecule has 2 saturated carbocycles. The van der Waals surface area contributed by atoms with Crippen molar-refractivity contribution in [1.82, 2.24) is 0 Å². The molecule has 0 amide bonds. The minimum Gasteiger partial charge on any atom is -0.0996 e. The van der Waals surface area contributed by atoms with Crippen LogP contribution in [0.15, 0.2) is 12.2 Å². The molecule has 0 radical (unpaired) electrons. The molecule has 3 atom stereocenters. The average Bonchev–Trinajstić information content (AvgIpc) is 2.25. The number of hydrogen-bond acceptors (Lipinski definition) is 0. The van der Waals surface area contributed by atoms with Gasteiger partial charge in [0.1, 0.15) is 0 Å². The SMILES string of the molecule is C=C1CC2(C)CCC(C2)C1C. The van der Waals surface area contributed by atoms with Crippen molar-refractivity contribution in [3.05, 3.63) is 12.2 Å². The topological polar surface area (TPSA) is 0 Å². The quantitative estimate of drug-likeness (QED) is 0.464. The molecule has 0 aliphatic heterocycles. The van der Waals surface area contributed by atoms with Gasteiger partial charge in [-0.2, -0.15) is 0 Å². The van der Waals surface area contributed by atoms with Crippen LogP contribution in [0.3, 0.4) is 0 Å². The maximum Gasteiger partial charge on any atom is -0.0206 e. The Morgan fingerprint density at radius 3 is 3.00 bits per heavy atom. The molecule has 0 nitrogen and oxygen atoms in total. The summed E-state index contributed by atoms with van der Waals surface area (Å²) in [5.41, 5.74) is 2.16. The van der Waals surface area contributed by atoms with Gasteiger partial charge in [-0.15, -0.1) is 0 Å². The Morgan fingerprint density at radius 2 is 2.27 bits per heavy atom. The molecule has 3 unspecified atom stereocenters. The smallest absolute Gasteiger partial charge is 0.0206 e. The van der Waals surface area contributed by atoms with Gasteiger partial charge in [-0.05, 0) is 42.9 Å². The molecular formula is C11H18. The zero-order chi connectivity index (χ0) is 8.06. The van der Waals surface area contributed by atoms with E-state index in [1.54, 1.807) is 0 Å². The Bertz CT molecular complexity index is 192. The van der Waals surface area contributed by atoms with Crippen LogP contribution in [0.25, 0.3) is 0 Å². The zero-order valence-electron chi connectivity index (χ0n) is 7.69. The van der Waals surface area contributed by atoms with E-state index in [2.05, 4.69) is 20.4 Å². The van der Waals surface area contributed by atoms with Gasteiger partial charge < -0.3 is 0 Å². The van der Waals surface area contributed by atoms with E-state index in [1.165, 1.54) is 31.3 Å². The van der Waals surface area contributed by atoms with Crippen molar-refractivity contribution in [2.45, 2.75) is 39.5 Å². The van der Waals surface area contributed by atoms with Gasteiger partial charge >= 0.3 is 0 Å². The van der Waals surface area contributed by atoms with Crippen molar-refractivity contribution in [2.24, 2.45) is 17.3 Å². The summed E-state index contributed by atoms with van der Waals surface area (Å²) >= 11 is 0. The van der Waals surface area contributed by atoms with Gasteiger partial charge in [0.25, 0.3) is 0 Å². The van der Waals surface area contributed by atoms with Crippen LogP contribution >= 0.6 is 0 Å². The minimum absolute atomic E-state index is 0.647. The van der Waals surface area contributed by atoms with Gasteiger partial charge in [0.2, 0.25) is 0 Å². The van der Waals surface area contributed by atoms with E-state index in [4.69, 9.17) is 0 Å². The average molecular weight is 150 g/mol. The monoisotopic (exact) mass is 150 g/mol. The first-order valence-electron chi connectivity index (χ1n) is 4.78. The van der Waals surface area contributed by atoms with Crippen LogP contribution in [-0.4, -0.2) is 0 Å². The zero-order valence-corrected chi connectivity index (χ0v) is 7.69. The fourth-order valence-corrected chi connectivity index (χ4v) is 3.00. The fraction of sp³-hybridized carbons (Fsp3) is 0.818. The molecule has 0 aromatic carbocycles. The Morgan fingerprint density at radius 1 is 1.55 bits per heavy atom. The highest BCUT2D eigenvalue weighted by atomic mass is 14.5. The first kappa shape index (κ1) is 7.39. The normalized spacial score (nSPS) is 49.8. The largest absolute Gasteiger partial charge is 0.0996 e. The van der Waals surface area contributed by atoms with Crippen molar-refractivity contribution < 1.29 is 0 Å². The van der Waals surface area contributed by atoms with Crippen LogP contribution in [-0.2, 0) is 0 Å². The summed E-state index contributed by atoms with van der Waals surface area (Å²) in [6.45, 7) is 8.97. The van der Waals surface area contributed by atoms with Crippen LogP contribution < -0.4 is 0 Å². The Kier molecular flexibility index (Phi) is 1.42. The molecule has 2 aliphatic rings. The number of fused-ring (bicyclic) bond motifs is 2. The van der Waals surface area contributed by atoms with Gasteiger partial charge in [0, 0.05) is 0 Å². The maximum absolute atomic E-state index is 4.18. The van der Waals surface area contributed by atoms with Crippen LogP contribution in [0.1, 0.15) is 39.5 Å². The van der Waals surface area contributed by atoms with Crippen molar-refractivity contribution in [3.63, 3.8) is 0 Å². The van der Waals surface area contributed by atoms with Gasteiger partial charge in [0.15, 0.2) is 0 Å². The van der Waals surface area contributed by atoms with E-state index in [1.807, 2.05) is 0 Å². The molecule has 2 bridgehead atoms. The first-order valence-corrected chi connectivity index (χ1v) is 4.78. The van der Waals surface area contributed by atoms with Crippen molar-refractivity contribution >= 4 is 0 Å². The molecule has 11 heavy (non-hydrogen) atoms. The molecular weight excluding hydrogens is 132 g/mol. The minimum atomic E-state index is 0.647. The summed E-state index contributed by atoms with van der Waals surface area (Å²) in [5, 5.41) is 0. The van der Waals surface area contributed by atoms with E-state index in [9.17, 15) is 0 Å². The molecule has 0 spiro atoms. The van der Waals surface area contributed by atoms with E-state index in [0.717, 1.165) is 11.8 Å².